The maximum Gasteiger partial charge on any atom is 0.416 e. The minimum atomic E-state index is -4.36. The molecular weight excluding hydrogens is 389 g/mol. The van der Waals surface area contributed by atoms with Crippen molar-refractivity contribution in [3.05, 3.63) is 81.5 Å². The van der Waals surface area contributed by atoms with Crippen LogP contribution in [0.2, 0.25) is 0 Å². The Morgan fingerprint density at radius 2 is 1.76 bits per heavy atom. The molecule has 10 heteroatoms. The van der Waals surface area contributed by atoms with Crippen molar-refractivity contribution in [1.29, 1.82) is 0 Å². The molecule has 0 aliphatic rings. The van der Waals surface area contributed by atoms with Crippen LogP contribution in [-0.4, -0.2) is 20.9 Å². The lowest BCUT2D eigenvalue weighted by molar-refractivity contribution is -0.137. The number of hydrogen-bond donors (Lipinski definition) is 2. The number of nitrogens with one attached hydrogen (secondary N) is 2. The minimum absolute atomic E-state index is 0.0541. The first-order valence-corrected chi connectivity index (χ1v) is 8.51. The van der Waals surface area contributed by atoms with Gasteiger partial charge in [0.15, 0.2) is 5.82 Å². The van der Waals surface area contributed by atoms with Crippen molar-refractivity contribution in [3.8, 4) is 5.75 Å². The summed E-state index contributed by atoms with van der Waals surface area (Å²) in [4.78, 5) is 18.7. The van der Waals surface area contributed by atoms with Crippen LogP contribution in [0.15, 0.2) is 58.5 Å². The molecule has 0 unspecified atom stereocenters. The average Bonchev–Trinajstić information content (AvgIpc) is 3.11. The van der Waals surface area contributed by atoms with Crippen LogP contribution in [0.4, 0.5) is 13.2 Å². The Hall–Kier alpha value is -3.56. The third kappa shape index (κ3) is 5.71. The molecule has 0 fully saturated rings. The zero-order chi connectivity index (χ0) is 20.9. The Bertz CT molecular complexity index is 1020. The first-order valence-electron chi connectivity index (χ1n) is 8.51. The minimum Gasteiger partial charge on any atom is -0.486 e. The van der Waals surface area contributed by atoms with E-state index < -0.39 is 17.4 Å². The largest absolute Gasteiger partial charge is 0.486 e. The zero-order valence-electron chi connectivity index (χ0n) is 15.3. The van der Waals surface area contributed by atoms with E-state index in [1.807, 2.05) is 0 Å². The Morgan fingerprint density at radius 1 is 1.07 bits per heavy atom. The number of hydrogen-bond acceptors (Lipinski definition) is 5. The average molecular weight is 406 g/mol. The van der Waals surface area contributed by atoms with Gasteiger partial charge in [-0.25, -0.2) is 9.89 Å². The summed E-state index contributed by atoms with van der Waals surface area (Å²) in [6.07, 6.45) is -4.36. The number of benzene rings is 2. The molecule has 0 aliphatic carbocycles. The third-order valence-corrected chi connectivity index (χ3v) is 3.91. The lowest BCUT2D eigenvalue weighted by atomic mass is 10.1. The quantitative estimate of drug-likeness (QED) is 0.463. The van der Waals surface area contributed by atoms with Crippen LogP contribution in [0, 0.1) is 0 Å². The maximum atomic E-state index is 12.5. The maximum absolute atomic E-state index is 12.5. The second kappa shape index (κ2) is 8.63. The van der Waals surface area contributed by atoms with Gasteiger partial charge in [-0.1, -0.05) is 17.3 Å². The second-order valence-electron chi connectivity index (χ2n) is 6.08. The van der Waals surface area contributed by atoms with Crippen molar-refractivity contribution in [3.63, 3.8) is 0 Å². The molecule has 3 rings (SSSR count). The molecule has 0 aliphatic heterocycles. The summed E-state index contributed by atoms with van der Waals surface area (Å²) in [6, 6.07) is 11.7. The molecule has 1 aromatic heterocycles. The Balaban J connectivity index is 1.52. The summed E-state index contributed by atoms with van der Waals surface area (Å²) in [5, 5.41) is 9.98. The van der Waals surface area contributed by atoms with Crippen LogP contribution < -0.4 is 10.4 Å². The first kappa shape index (κ1) is 20.2. The molecule has 0 atom stereocenters. The predicted molar refractivity (Wildman–Crippen MR) is 98.4 cm³/mol. The number of oxime groups is 1. The van der Waals surface area contributed by atoms with E-state index >= 15 is 0 Å². The highest BCUT2D eigenvalue weighted by molar-refractivity contribution is 5.98. The molecule has 7 nitrogen and oxygen atoms in total. The standard InChI is InChI=1S/C19H17F3N4O3/c1-12(26-29-10-13-2-6-15(7-3-13)19(20,21)22)14-4-8-16(9-5-14)28-11-17-23-18(27)25-24-17/h2-9H,10-11H2,1H3,(H2,23,24,25,27)/b26-12+. The van der Waals surface area contributed by atoms with Crippen molar-refractivity contribution in [2.75, 3.05) is 0 Å². The van der Waals surface area contributed by atoms with Crippen molar-refractivity contribution < 1.29 is 22.7 Å². The summed E-state index contributed by atoms with van der Waals surface area (Å²) in [6.45, 7) is 1.91. The van der Waals surface area contributed by atoms with Gasteiger partial charge in [0, 0.05) is 0 Å². The van der Waals surface area contributed by atoms with Gasteiger partial charge in [-0.3, -0.25) is 4.98 Å². The normalized spacial score (nSPS) is 12.1. The van der Waals surface area contributed by atoms with E-state index in [0.717, 1.165) is 17.7 Å². The SMILES string of the molecule is C/C(=N\OCc1ccc(C(F)(F)F)cc1)c1ccc(OCc2n[nH]c(=O)[nH]2)cc1. The molecule has 0 spiro atoms. The van der Waals surface area contributed by atoms with Gasteiger partial charge in [-0.2, -0.15) is 18.3 Å². The lowest BCUT2D eigenvalue weighted by Crippen LogP contribution is -2.04. The third-order valence-electron chi connectivity index (χ3n) is 3.91. The highest BCUT2D eigenvalue weighted by atomic mass is 19.4. The van der Waals surface area contributed by atoms with Gasteiger partial charge in [0.05, 0.1) is 11.3 Å². The fourth-order valence-electron chi connectivity index (χ4n) is 2.36. The van der Waals surface area contributed by atoms with Crippen LogP contribution in [0.3, 0.4) is 0 Å². The summed E-state index contributed by atoms with van der Waals surface area (Å²) in [5.41, 5.74) is 0.858. The summed E-state index contributed by atoms with van der Waals surface area (Å²) in [7, 11) is 0. The van der Waals surface area contributed by atoms with E-state index in [-0.39, 0.29) is 13.2 Å². The predicted octanol–water partition coefficient (Wildman–Crippen LogP) is 3.64. The van der Waals surface area contributed by atoms with Crippen molar-refractivity contribution in [1.82, 2.24) is 15.2 Å². The summed E-state index contributed by atoms with van der Waals surface area (Å²) >= 11 is 0. The molecule has 1 heterocycles. The Labute approximate surface area is 163 Å². The number of halogens is 3. The smallest absolute Gasteiger partial charge is 0.416 e. The zero-order valence-corrected chi connectivity index (χ0v) is 15.3. The molecular formula is C19H17F3N4O3. The van der Waals surface area contributed by atoms with Gasteiger partial charge in [-0.15, -0.1) is 0 Å². The molecule has 0 radical (unpaired) electrons. The number of alkyl halides is 3. The molecule has 0 saturated carbocycles. The van der Waals surface area contributed by atoms with E-state index in [1.165, 1.54) is 12.1 Å². The number of rotatable bonds is 7. The van der Waals surface area contributed by atoms with Crippen LogP contribution in [-0.2, 0) is 24.2 Å². The van der Waals surface area contributed by atoms with Gasteiger partial charge in [-0.05, 0) is 54.4 Å². The monoisotopic (exact) mass is 406 g/mol. The second-order valence-corrected chi connectivity index (χ2v) is 6.08. The molecule has 3 aromatic rings. The van der Waals surface area contributed by atoms with E-state index in [1.54, 1.807) is 31.2 Å². The number of H-pyrrole nitrogens is 2. The van der Waals surface area contributed by atoms with Gasteiger partial charge in [0.1, 0.15) is 19.0 Å². The van der Waals surface area contributed by atoms with Crippen LogP contribution in [0.25, 0.3) is 0 Å². The number of nitrogens with zero attached hydrogens (tertiary/aromatic N) is 2. The molecule has 29 heavy (non-hydrogen) atoms. The van der Waals surface area contributed by atoms with E-state index in [9.17, 15) is 18.0 Å². The molecule has 2 aromatic carbocycles. The molecule has 2 N–H and O–H groups in total. The number of ether oxygens (including phenoxy) is 1. The van der Waals surface area contributed by atoms with Crippen LogP contribution in [0.5, 0.6) is 5.75 Å². The van der Waals surface area contributed by atoms with Crippen molar-refractivity contribution in [2.45, 2.75) is 26.3 Å². The Kier molecular flexibility index (Phi) is 6.01. The van der Waals surface area contributed by atoms with Gasteiger partial charge < -0.3 is 9.57 Å². The van der Waals surface area contributed by atoms with Gasteiger partial charge in [0.25, 0.3) is 0 Å². The van der Waals surface area contributed by atoms with Crippen LogP contribution in [0.1, 0.15) is 29.4 Å². The fourth-order valence-corrected chi connectivity index (χ4v) is 2.36. The number of aromatic amines is 2. The lowest BCUT2D eigenvalue weighted by Gasteiger charge is -2.08. The summed E-state index contributed by atoms with van der Waals surface area (Å²) in [5.74, 6) is 0.963. The van der Waals surface area contributed by atoms with E-state index in [0.29, 0.717) is 22.8 Å². The van der Waals surface area contributed by atoms with E-state index in [2.05, 4.69) is 20.3 Å². The highest BCUT2D eigenvalue weighted by Crippen LogP contribution is 2.29. The van der Waals surface area contributed by atoms with Gasteiger partial charge in [0.2, 0.25) is 0 Å². The molecule has 0 bridgehead atoms. The van der Waals surface area contributed by atoms with Crippen molar-refractivity contribution in [2.24, 2.45) is 5.16 Å². The van der Waals surface area contributed by atoms with Crippen LogP contribution >= 0.6 is 0 Å². The molecule has 0 amide bonds. The van der Waals surface area contributed by atoms with E-state index in [4.69, 9.17) is 9.57 Å². The highest BCUT2D eigenvalue weighted by Gasteiger charge is 2.29. The van der Waals surface area contributed by atoms with Crippen molar-refractivity contribution >= 4 is 5.71 Å². The Morgan fingerprint density at radius 3 is 2.34 bits per heavy atom. The fraction of sp³-hybridized carbons (Fsp3) is 0.211. The van der Waals surface area contributed by atoms with Gasteiger partial charge >= 0.3 is 11.9 Å². The summed E-state index contributed by atoms with van der Waals surface area (Å²) < 4.78 is 43.2. The number of aromatic nitrogens is 3. The topological polar surface area (TPSA) is 92.4 Å². The first-order chi connectivity index (χ1) is 13.8. The molecule has 0 saturated heterocycles. The molecule has 152 valence electrons.